The molecule has 25 heavy (non-hydrogen) atoms. The van der Waals surface area contributed by atoms with Crippen LogP contribution in [0.15, 0.2) is 66.1 Å². The number of nitrogens with one attached hydrogen (secondary N) is 2. The molecule has 2 heterocycles. The molecule has 0 bridgehead atoms. The van der Waals surface area contributed by atoms with Gasteiger partial charge in [0, 0.05) is 31.5 Å². The van der Waals surface area contributed by atoms with Gasteiger partial charge in [-0.3, -0.25) is 0 Å². The fourth-order valence-electron chi connectivity index (χ4n) is 2.17. The third-order valence-corrected chi connectivity index (χ3v) is 4.81. The molecule has 9 heteroatoms. The Morgan fingerprint density at radius 1 is 1.04 bits per heavy atom. The molecule has 0 saturated heterocycles. The van der Waals surface area contributed by atoms with Gasteiger partial charge >= 0.3 is 0 Å². The molecule has 0 radical (unpaired) electrons. The van der Waals surface area contributed by atoms with Crippen LogP contribution in [0.3, 0.4) is 0 Å². The summed E-state index contributed by atoms with van der Waals surface area (Å²) in [5.74, 6) is 0.672. The van der Waals surface area contributed by atoms with Crippen molar-refractivity contribution in [3.05, 3.63) is 67.0 Å². The Balaban J connectivity index is 1.56. The molecule has 0 aliphatic rings. The van der Waals surface area contributed by atoms with Crippen LogP contribution in [0, 0.1) is 5.82 Å². The Morgan fingerprint density at radius 2 is 1.84 bits per heavy atom. The number of halogens is 1. The number of sulfonamides is 1. The van der Waals surface area contributed by atoms with Crippen LogP contribution in [-0.4, -0.2) is 36.0 Å². The molecule has 0 spiro atoms. The Labute approximate surface area is 144 Å². The molecule has 0 aliphatic heterocycles. The van der Waals surface area contributed by atoms with E-state index in [1.807, 2.05) is 29.1 Å². The first-order valence-electron chi connectivity index (χ1n) is 7.49. The Kier molecular flexibility index (Phi) is 5.05. The summed E-state index contributed by atoms with van der Waals surface area (Å²) >= 11 is 0. The van der Waals surface area contributed by atoms with Gasteiger partial charge in [-0.1, -0.05) is 6.07 Å². The van der Waals surface area contributed by atoms with Crippen molar-refractivity contribution in [2.24, 2.45) is 0 Å². The average Bonchev–Trinajstić information content (AvgIpc) is 3.14. The highest BCUT2D eigenvalue weighted by Crippen LogP contribution is 2.11. The summed E-state index contributed by atoms with van der Waals surface area (Å²) in [5, 5.41) is 3.02. The van der Waals surface area contributed by atoms with E-state index in [0.29, 0.717) is 18.2 Å². The number of hydrogen-bond acceptors (Lipinski definition) is 5. The number of rotatable bonds is 7. The van der Waals surface area contributed by atoms with E-state index in [1.165, 1.54) is 24.5 Å². The second-order valence-corrected chi connectivity index (χ2v) is 6.90. The predicted molar refractivity (Wildman–Crippen MR) is 91.4 cm³/mol. The van der Waals surface area contributed by atoms with Crippen molar-refractivity contribution >= 4 is 15.8 Å². The van der Waals surface area contributed by atoms with Crippen LogP contribution in [-0.2, 0) is 10.0 Å². The van der Waals surface area contributed by atoms with Gasteiger partial charge in [0.2, 0.25) is 10.0 Å². The summed E-state index contributed by atoms with van der Waals surface area (Å²) in [6.45, 7) is 0.443. The second kappa shape index (κ2) is 7.41. The van der Waals surface area contributed by atoms with Crippen molar-refractivity contribution in [3.8, 4) is 5.82 Å². The predicted octanol–water partition coefficient (Wildman–Crippen LogP) is 1.80. The van der Waals surface area contributed by atoms with E-state index >= 15 is 0 Å². The molecule has 0 unspecified atom stereocenters. The lowest BCUT2D eigenvalue weighted by Crippen LogP contribution is -2.29. The molecule has 7 nitrogen and oxygen atoms in total. The van der Waals surface area contributed by atoms with Gasteiger partial charge in [-0.25, -0.2) is 27.5 Å². The van der Waals surface area contributed by atoms with Crippen LogP contribution in [0.1, 0.15) is 0 Å². The van der Waals surface area contributed by atoms with Gasteiger partial charge in [0.25, 0.3) is 0 Å². The largest absolute Gasteiger partial charge is 0.369 e. The molecule has 130 valence electrons. The van der Waals surface area contributed by atoms with Gasteiger partial charge in [0.05, 0.1) is 4.90 Å². The quantitative estimate of drug-likeness (QED) is 0.627. The Bertz CT molecular complexity index is 945. The normalized spacial score (nSPS) is 11.4. The summed E-state index contributed by atoms with van der Waals surface area (Å²) in [4.78, 5) is 8.15. The smallest absolute Gasteiger partial charge is 0.240 e. The lowest BCUT2D eigenvalue weighted by atomic mass is 10.4. The molecular formula is C16H16FN5O2S. The van der Waals surface area contributed by atoms with Crippen LogP contribution < -0.4 is 10.0 Å². The zero-order valence-electron chi connectivity index (χ0n) is 13.1. The van der Waals surface area contributed by atoms with Gasteiger partial charge < -0.3 is 9.88 Å². The van der Waals surface area contributed by atoms with Gasteiger partial charge in [0.1, 0.15) is 23.8 Å². The summed E-state index contributed by atoms with van der Waals surface area (Å²) in [5.41, 5.74) is 0. The van der Waals surface area contributed by atoms with Gasteiger partial charge in [0.15, 0.2) is 0 Å². The maximum absolute atomic E-state index is 13.1. The van der Waals surface area contributed by atoms with Crippen LogP contribution in [0.5, 0.6) is 0 Å². The van der Waals surface area contributed by atoms with Crippen LogP contribution in [0.4, 0.5) is 10.2 Å². The lowest BCUT2D eigenvalue weighted by molar-refractivity contribution is 0.579. The van der Waals surface area contributed by atoms with Crippen LogP contribution in [0.2, 0.25) is 0 Å². The van der Waals surface area contributed by atoms with E-state index in [1.54, 1.807) is 6.07 Å². The zero-order chi connectivity index (χ0) is 17.7. The highest BCUT2D eigenvalue weighted by Gasteiger charge is 2.13. The number of benzene rings is 1. The number of nitrogens with zero attached hydrogens (tertiary/aromatic N) is 3. The highest BCUT2D eigenvalue weighted by molar-refractivity contribution is 7.89. The Morgan fingerprint density at radius 3 is 2.60 bits per heavy atom. The van der Waals surface area contributed by atoms with Crippen LogP contribution >= 0.6 is 0 Å². The molecule has 0 fully saturated rings. The topological polar surface area (TPSA) is 88.9 Å². The summed E-state index contributed by atoms with van der Waals surface area (Å²) in [6, 6.07) is 10.4. The summed E-state index contributed by atoms with van der Waals surface area (Å²) < 4.78 is 41.5. The first kappa shape index (κ1) is 17.1. The van der Waals surface area contributed by atoms with E-state index in [-0.39, 0.29) is 11.4 Å². The summed E-state index contributed by atoms with van der Waals surface area (Å²) in [7, 11) is -3.75. The number of anilines is 1. The van der Waals surface area contributed by atoms with E-state index in [2.05, 4.69) is 20.0 Å². The SMILES string of the molecule is O=S(=O)(NCCNc1cc(-n2cccc2)ncn1)c1cccc(F)c1. The average molecular weight is 361 g/mol. The van der Waals surface area contributed by atoms with Gasteiger partial charge in [-0.05, 0) is 30.3 Å². The first-order chi connectivity index (χ1) is 12.0. The fraction of sp³-hybridized carbons (Fsp3) is 0.125. The molecule has 1 aromatic carbocycles. The molecule has 0 saturated carbocycles. The molecule has 2 N–H and O–H groups in total. The fourth-order valence-corrected chi connectivity index (χ4v) is 3.23. The van der Waals surface area contributed by atoms with E-state index < -0.39 is 15.8 Å². The molecule has 3 aromatic rings. The monoisotopic (exact) mass is 361 g/mol. The van der Waals surface area contributed by atoms with Crippen molar-refractivity contribution < 1.29 is 12.8 Å². The lowest BCUT2D eigenvalue weighted by Gasteiger charge is -2.09. The zero-order valence-corrected chi connectivity index (χ0v) is 13.9. The standard InChI is InChI=1S/C16H16FN5O2S/c17-13-4-3-5-14(10-13)25(23,24)21-7-6-18-15-11-16(20-12-19-15)22-8-1-2-9-22/h1-5,8-12,21H,6-7H2,(H,18,19,20). The van der Waals surface area contributed by atoms with Crippen LogP contribution in [0.25, 0.3) is 5.82 Å². The molecule has 0 atom stereocenters. The van der Waals surface area contributed by atoms with E-state index in [0.717, 1.165) is 6.07 Å². The summed E-state index contributed by atoms with van der Waals surface area (Å²) in [6.07, 6.45) is 5.15. The van der Waals surface area contributed by atoms with Gasteiger partial charge in [-0.15, -0.1) is 0 Å². The van der Waals surface area contributed by atoms with Gasteiger partial charge in [-0.2, -0.15) is 0 Å². The maximum Gasteiger partial charge on any atom is 0.240 e. The minimum Gasteiger partial charge on any atom is -0.369 e. The molecule has 0 amide bonds. The van der Waals surface area contributed by atoms with Crippen molar-refractivity contribution in [1.29, 1.82) is 0 Å². The van der Waals surface area contributed by atoms with Crippen molar-refractivity contribution in [3.63, 3.8) is 0 Å². The highest BCUT2D eigenvalue weighted by atomic mass is 32.2. The third-order valence-electron chi connectivity index (χ3n) is 3.35. The van der Waals surface area contributed by atoms with Crippen molar-refractivity contribution in [2.45, 2.75) is 4.90 Å². The minimum atomic E-state index is -3.75. The molecular weight excluding hydrogens is 345 g/mol. The van der Waals surface area contributed by atoms with E-state index in [4.69, 9.17) is 0 Å². The number of hydrogen-bond donors (Lipinski definition) is 2. The third kappa shape index (κ3) is 4.40. The molecule has 2 aromatic heterocycles. The second-order valence-electron chi connectivity index (χ2n) is 5.13. The van der Waals surface area contributed by atoms with Crippen molar-refractivity contribution in [1.82, 2.24) is 19.3 Å². The van der Waals surface area contributed by atoms with E-state index in [9.17, 15) is 12.8 Å². The number of aromatic nitrogens is 3. The first-order valence-corrected chi connectivity index (χ1v) is 8.97. The Hall–Kier alpha value is -2.78. The molecule has 0 aliphatic carbocycles. The molecule has 3 rings (SSSR count). The maximum atomic E-state index is 13.1. The minimum absolute atomic E-state index is 0.107. The van der Waals surface area contributed by atoms with Crippen molar-refractivity contribution in [2.75, 3.05) is 18.4 Å².